The van der Waals surface area contributed by atoms with E-state index in [4.69, 9.17) is 0 Å². The minimum absolute atomic E-state index is 0.980. The Bertz CT molecular complexity index is 554. The highest BCUT2D eigenvalue weighted by Gasteiger charge is 2.05. The third kappa shape index (κ3) is 1.04. The molecule has 4 heteroatoms. The predicted molar refractivity (Wildman–Crippen MR) is 57.2 cm³/mol. The van der Waals surface area contributed by atoms with Crippen molar-refractivity contribution < 1.29 is 0 Å². The van der Waals surface area contributed by atoms with Crippen molar-refractivity contribution in [1.82, 2.24) is 15.0 Å². The smallest absolute Gasteiger partial charge is 0.0992 e. The molecule has 0 bridgehead atoms. The highest BCUT2D eigenvalue weighted by Crippen LogP contribution is 2.26. The summed E-state index contributed by atoms with van der Waals surface area (Å²) < 4.78 is 0. The summed E-state index contributed by atoms with van der Waals surface area (Å²) in [5.41, 5.74) is 4.23. The molecular formula is C10H7N3S. The molecule has 0 aromatic carbocycles. The van der Waals surface area contributed by atoms with E-state index in [2.05, 4.69) is 31.8 Å². The van der Waals surface area contributed by atoms with Crippen LogP contribution in [0.15, 0.2) is 35.5 Å². The first-order valence-electron chi connectivity index (χ1n) is 4.25. The Morgan fingerprint density at radius 1 is 1.29 bits per heavy atom. The van der Waals surface area contributed by atoms with Gasteiger partial charge in [-0.1, -0.05) is 0 Å². The molecule has 0 saturated carbocycles. The van der Waals surface area contributed by atoms with Crippen molar-refractivity contribution >= 4 is 22.4 Å². The maximum absolute atomic E-state index is 4.28. The van der Waals surface area contributed by atoms with Gasteiger partial charge in [0.25, 0.3) is 0 Å². The van der Waals surface area contributed by atoms with Gasteiger partial charge >= 0.3 is 0 Å². The van der Waals surface area contributed by atoms with Crippen LogP contribution in [-0.2, 0) is 0 Å². The molecule has 0 radical (unpaired) electrons. The van der Waals surface area contributed by atoms with Crippen LogP contribution >= 0.6 is 11.3 Å². The summed E-state index contributed by atoms with van der Waals surface area (Å²) in [6, 6.07) is 2.08. The second kappa shape index (κ2) is 2.92. The SMILES string of the molecule is c1nc2c(-c3ccsc3)cncc2[nH]1. The normalized spacial score (nSPS) is 10.9. The topological polar surface area (TPSA) is 41.6 Å². The van der Waals surface area contributed by atoms with Crippen molar-refractivity contribution in [1.29, 1.82) is 0 Å². The Morgan fingerprint density at radius 3 is 3.14 bits per heavy atom. The lowest BCUT2D eigenvalue weighted by Crippen LogP contribution is -1.80. The van der Waals surface area contributed by atoms with Crippen LogP contribution in [0.1, 0.15) is 0 Å². The summed E-state index contributed by atoms with van der Waals surface area (Å²) >= 11 is 1.68. The van der Waals surface area contributed by atoms with Gasteiger partial charge in [0.05, 0.1) is 23.6 Å². The fraction of sp³-hybridized carbons (Fsp3) is 0. The van der Waals surface area contributed by atoms with Gasteiger partial charge < -0.3 is 4.98 Å². The number of nitrogens with one attached hydrogen (secondary N) is 1. The fourth-order valence-corrected chi connectivity index (χ4v) is 2.15. The van der Waals surface area contributed by atoms with E-state index in [1.54, 1.807) is 23.9 Å². The van der Waals surface area contributed by atoms with Gasteiger partial charge in [-0.15, -0.1) is 0 Å². The first kappa shape index (κ1) is 7.70. The number of imidazole rings is 1. The summed E-state index contributed by atoms with van der Waals surface area (Å²) in [6.45, 7) is 0. The fourth-order valence-electron chi connectivity index (χ4n) is 1.49. The van der Waals surface area contributed by atoms with E-state index in [9.17, 15) is 0 Å². The molecule has 68 valence electrons. The monoisotopic (exact) mass is 201 g/mol. The molecule has 0 amide bonds. The van der Waals surface area contributed by atoms with Crippen molar-refractivity contribution in [2.45, 2.75) is 0 Å². The lowest BCUT2D eigenvalue weighted by Gasteiger charge is -1.97. The van der Waals surface area contributed by atoms with Gasteiger partial charge in [0.1, 0.15) is 0 Å². The van der Waals surface area contributed by atoms with Crippen LogP contribution in [0.2, 0.25) is 0 Å². The first-order valence-corrected chi connectivity index (χ1v) is 5.19. The lowest BCUT2D eigenvalue weighted by atomic mass is 10.1. The molecule has 0 aliphatic carbocycles. The van der Waals surface area contributed by atoms with E-state index in [1.165, 1.54) is 5.56 Å². The van der Waals surface area contributed by atoms with Crippen LogP contribution in [0.4, 0.5) is 0 Å². The van der Waals surface area contributed by atoms with Crippen molar-refractivity contribution in [2.24, 2.45) is 0 Å². The molecule has 1 N–H and O–H groups in total. The van der Waals surface area contributed by atoms with Crippen LogP contribution in [0.5, 0.6) is 0 Å². The number of pyridine rings is 1. The molecule has 0 spiro atoms. The molecule has 3 aromatic rings. The second-order valence-electron chi connectivity index (χ2n) is 3.00. The molecule has 0 fully saturated rings. The zero-order valence-corrected chi connectivity index (χ0v) is 8.08. The van der Waals surface area contributed by atoms with Gasteiger partial charge in [0.2, 0.25) is 0 Å². The highest BCUT2D eigenvalue weighted by molar-refractivity contribution is 7.08. The van der Waals surface area contributed by atoms with Crippen molar-refractivity contribution in [3.63, 3.8) is 0 Å². The number of hydrogen-bond donors (Lipinski definition) is 1. The van der Waals surface area contributed by atoms with Crippen LogP contribution in [-0.4, -0.2) is 15.0 Å². The molecule has 14 heavy (non-hydrogen) atoms. The second-order valence-corrected chi connectivity index (χ2v) is 3.78. The number of nitrogens with zero attached hydrogens (tertiary/aromatic N) is 2. The van der Waals surface area contributed by atoms with Crippen molar-refractivity contribution in [3.05, 3.63) is 35.5 Å². The number of fused-ring (bicyclic) bond motifs is 1. The van der Waals surface area contributed by atoms with E-state index in [-0.39, 0.29) is 0 Å². The molecule has 0 aliphatic heterocycles. The summed E-state index contributed by atoms with van der Waals surface area (Å²) in [5, 5.41) is 4.16. The highest BCUT2D eigenvalue weighted by atomic mass is 32.1. The molecule has 0 unspecified atom stereocenters. The number of thiophene rings is 1. The third-order valence-corrected chi connectivity index (χ3v) is 2.85. The minimum Gasteiger partial charge on any atom is -0.343 e. The quantitative estimate of drug-likeness (QED) is 0.657. The standard InChI is InChI=1S/C10H7N3S/c1-2-14-5-7(1)8-3-11-4-9-10(8)13-6-12-9/h1-6H,(H,12,13). The van der Waals surface area contributed by atoms with E-state index < -0.39 is 0 Å². The molecule has 3 nitrogen and oxygen atoms in total. The van der Waals surface area contributed by atoms with E-state index >= 15 is 0 Å². The van der Waals surface area contributed by atoms with Gasteiger partial charge in [0, 0.05) is 11.8 Å². The maximum atomic E-state index is 4.28. The van der Waals surface area contributed by atoms with Gasteiger partial charge in [0.15, 0.2) is 0 Å². The Balaban J connectivity index is 2.36. The number of aromatic nitrogens is 3. The molecule has 0 atom stereocenters. The zero-order chi connectivity index (χ0) is 9.38. The lowest BCUT2D eigenvalue weighted by molar-refractivity contribution is 1.33. The van der Waals surface area contributed by atoms with Crippen LogP contribution in [0, 0.1) is 0 Å². The molecule has 3 heterocycles. The zero-order valence-electron chi connectivity index (χ0n) is 7.27. The minimum atomic E-state index is 0.980. The Morgan fingerprint density at radius 2 is 2.29 bits per heavy atom. The van der Waals surface area contributed by atoms with E-state index in [1.807, 2.05) is 6.20 Å². The first-order chi connectivity index (χ1) is 6.95. The Kier molecular flexibility index (Phi) is 1.61. The Labute approximate surface area is 84.5 Å². The molecule has 0 aliphatic rings. The summed E-state index contributed by atoms with van der Waals surface area (Å²) in [7, 11) is 0. The molecule has 3 rings (SSSR count). The summed E-state index contributed by atoms with van der Waals surface area (Å²) in [4.78, 5) is 11.5. The largest absolute Gasteiger partial charge is 0.343 e. The number of aromatic amines is 1. The van der Waals surface area contributed by atoms with Crippen molar-refractivity contribution in [2.75, 3.05) is 0 Å². The van der Waals surface area contributed by atoms with Crippen LogP contribution in [0.3, 0.4) is 0 Å². The number of rotatable bonds is 1. The average Bonchev–Trinajstić information content (AvgIpc) is 2.88. The van der Waals surface area contributed by atoms with Crippen LogP contribution in [0.25, 0.3) is 22.2 Å². The molecular weight excluding hydrogens is 194 g/mol. The summed E-state index contributed by atoms with van der Waals surface area (Å²) in [6.07, 6.45) is 5.34. The van der Waals surface area contributed by atoms with Gasteiger partial charge in [-0.2, -0.15) is 11.3 Å². The third-order valence-electron chi connectivity index (χ3n) is 2.16. The van der Waals surface area contributed by atoms with E-state index in [0.29, 0.717) is 0 Å². The average molecular weight is 201 g/mol. The molecule has 0 saturated heterocycles. The Hall–Kier alpha value is -1.68. The van der Waals surface area contributed by atoms with Gasteiger partial charge in [-0.3, -0.25) is 4.98 Å². The van der Waals surface area contributed by atoms with E-state index in [0.717, 1.165) is 16.6 Å². The van der Waals surface area contributed by atoms with Crippen molar-refractivity contribution in [3.8, 4) is 11.1 Å². The van der Waals surface area contributed by atoms with Gasteiger partial charge in [-0.25, -0.2) is 4.98 Å². The maximum Gasteiger partial charge on any atom is 0.0992 e. The summed E-state index contributed by atoms with van der Waals surface area (Å²) in [5.74, 6) is 0. The van der Waals surface area contributed by atoms with Gasteiger partial charge in [-0.05, 0) is 22.4 Å². The number of hydrogen-bond acceptors (Lipinski definition) is 3. The van der Waals surface area contributed by atoms with Crippen LogP contribution < -0.4 is 0 Å². The predicted octanol–water partition coefficient (Wildman–Crippen LogP) is 2.69. The number of H-pyrrole nitrogens is 1. The molecule has 3 aromatic heterocycles.